The van der Waals surface area contributed by atoms with E-state index in [1.54, 1.807) is 4.90 Å². The third kappa shape index (κ3) is 5.65. The zero-order valence-electron chi connectivity index (χ0n) is 22.6. The molecule has 1 N–H and O–H groups in total. The van der Waals surface area contributed by atoms with Crippen molar-refractivity contribution in [2.45, 2.75) is 76.3 Å². The standard InChI is InChI=1S/C33H35N3O4/c37-31-18-17-29(32(38)34-31)36-22-25-19-26(15-16-27(25)33(36)39)40-30-14-8-7-13-28(30)35(20-23-9-3-1-4-10-23)21-24-11-5-2-6-12-24/h1-6,9-12,15-16,19,28-30H,7-8,13-14,17-18,20-22H2,(H,34,37,38)/t28-,29?,30+/m1/s1. The number of imide groups is 1. The molecule has 0 bridgehead atoms. The molecule has 0 radical (unpaired) electrons. The van der Waals surface area contributed by atoms with Gasteiger partial charge in [-0.1, -0.05) is 67.1 Å². The maximum Gasteiger partial charge on any atom is 0.255 e. The number of benzene rings is 3. The molecule has 3 aromatic rings. The molecule has 7 heteroatoms. The Kier molecular flexibility index (Phi) is 7.64. The lowest BCUT2D eigenvalue weighted by atomic mass is 9.90. The van der Waals surface area contributed by atoms with Crippen molar-refractivity contribution < 1.29 is 19.1 Å². The van der Waals surface area contributed by atoms with Crippen LogP contribution in [0.1, 0.15) is 65.6 Å². The zero-order valence-corrected chi connectivity index (χ0v) is 22.6. The lowest BCUT2D eigenvalue weighted by molar-refractivity contribution is -0.136. The summed E-state index contributed by atoms with van der Waals surface area (Å²) in [4.78, 5) is 41.3. The topological polar surface area (TPSA) is 79.0 Å². The molecular formula is C33H35N3O4. The number of ether oxygens (including phenoxy) is 1. The van der Waals surface area contributed by atoms with Crippen molar-refractivity contribution in [3.05, 3.63) is 101 Å². The molecule has 40 heavy (non-hydrogen) atoms. The Bertz CT molecular complexity index is 1340. The Morgan fingerprint density at radius 3 is 2.17 bits per heavy atom. The first-order valence-electron chi connectivity index (χ1n) is 14.3. The highest BCUT2D eigenvalue weighted by atomic mass is 16.5. The molecule has 1 saturated heterocycles. The fourth-order valence-corrected chi connectivity index (χ4v) is 6.36. The molecule has 1 saturated carbocycles. The van der Waals surface area contributed by atoms with Gasteiger partial charge in [-0.25, -0.2) is 0 Å². The van der Waals surface area contributed by atoms with Crippen molar-refractivity contribution in [3.8, 4) is 5.75 Å². The first kappa shape index (κ1) is 26.3. The molecule has 3 aromatic carbocycles. The smallest absolute Gasteiger partial charge is 0.255 e. The summed E-state index contributed by atoms with van der Waals surface area (Å²) in [5.74, 6) is -0.0796. The molecule has 0 spiro atoms. The van der Waals surface area contributed by atoms with Gasteiger partial charge in [-0.2, -0.15) is 0 Å². The van der Waals surface area contributed by atoms with Crippen LogP contribution in [0.25, 0.3) is 0 Å². The maximum absolute atomic E-state index is 13.1. The summed E-state index contributed by atoms with van der Waals surface area (Å²) < 4.78 is 6.71. The van der Waals surface area contributed by atoms with Crippen LogP contribution in [0.2, 0.25) is 0 Å². The number of hydrogen-bond donors (Lipinski definition) is 1. The Morgan fingerprint density at radius 1 is 0.825 bits per heavy atom. The molecule has 3 atom stereocenters. The molecule has 2 heterocycles. The summed E-state index contributed by atoms with van der Waals surface area (Å²) >= 11 is 0. The Balaban J connectivity index is 1.20. The van der Waals surface area contributed by atoms with E-state index in [-0.39, 0.29) is 30.4 Å². The van der Waals surface area contributed by atoms with E-state index in [1.165, 1.54) is 17.5 Å². The van der Waals surface area contributed by atoms with Gasteiger partial charge in [0.25, 0.3) is 5.91 Å². The molecule has 3 aliphatic rings. The number of hydrogen-bond acceptors (Lipinski definition) is 5. The van der Waals surface area contributed by atoms with Crippen LogP contribution < -0.4 is 10.1 Å². The number of fused-ring (bicyclic) bond motifs is 1. The molecule has 206 valence electrons. The van der Waals surface area contributed by atoms with Gasteiger partial charge in [0.05, 0.1) is 0 Å². The van der Waals surface area contributed by atoms with E-state index in [0.29, 0.717) is 18.5 Å². The molecule has 1 aliphatic carbocycles. The van der Waals surface area contributed by atoms with E-state index in [2.05, 4.69) is 70.9 Å². The van der Waals surface area contributed by atoms with Crippen molar-refractivity contribution >= 4 is 17.7 Å². The van der Waals surface area contributed by atoms with E-state index >= 15 is 0 Å². The number of rotatable bonds is 8. The third-order valence-corrected chi connectivity index (χ3v) is 8.38. The summed E-state index contributed by atoms with van der Waals surface area (Å²) in [7, 11) is 0. The summed E-state index contributed by atoms with van der Waals surface area (Å²) in [6, 6.07) is 26.5. The minimum atomic E-state index is -0.616. The van der Waals surface area contributed by atoms with E-state index < -0.39 is 11.9 Å². The molecule has 0 aromatic heterocycles. The number of amides is 3. The van der Waals surface area contributed by atoms with Crippen LogP contribution >= 0.6 is 0 Å². The molecule has 2 fully saturated rings. The van der Waals surface area contributed by atoms with Crippen LogP contribution in [0.15, 0.2) is 78.9 Å². The number of carbonyl (C=O) groups excluding carboxylic acids is 3. The van der Waals surface area contributed by atoms with Crippen LogP contribution in [0.3, 0.4) is 0 Å². The first-order valence-corrected chi connectivity index (χ1v) is 14.3. The lowest BCUT2D eigenvalue weighted by Crippen LogP contribution is -2.52. The van der Waals surface area contributed by atoms with Gasteiger partial charge in [-0.05, 0) is 60.6 Å². The lowest BCUT2D eigenvalue weighted by Gasteiger charge is -2.40. The second kappa shape index (κ2) is 11.6. The second-order valence-electron chi connectivity index (χ2n) is 11.1. The molecular weight excluding hydrogens is 502 g/mol. The summed E-state index contributed by atoms with van der Waals surface area (Å²) in [5.41, 5.74) is 4.04. The quantitative estimate of drug-likeness (QED) is 0.416. The van der Waals surface area contributed by atoms with Crippen molar-refractivity contribution in [2.24, 2.45) is 0 Å². The van der Waals surface area contributed by atoms with Gasteiger partial charge in [-0.15, -0.1) is 0 Å². The van der Waals surface area contributed by atoms with Crippen LogP contribution in [-0.2, 0) is 29.2 Å². The summed E-state index contributed by atoms with van der Waals surface area (Å²) in [6.45, 7) is 2.04. The van der Waals surface area contributed by atoms with Crippen molar-refractivity contribution in [2.75, 3.05) is 0 Å². The van der Waals surface area contributed by atoms with Crippen LogP contribution in [0.4, 0.5) is 0 Å². The van der Waals surface area contributed by atoms with E-state index in [9.17, 15) is 14.4 Å². The largest absolute Gasteiger partial charge is 0.489 e. The Labute approximate surface area is 235 Å². The first-order chi connectivity index (χ1) is 19.5. The van der Waals surface area contributed by atoms with E-state index in [4.69, 9.17) is 4.74 Å². The van der Waals surface area contributed by atoms with Gasteiger partial charge in [0.15, 0.2) is 0 Å². The number of carbonyl (C=O) groups is 3. The van der Waals surface area contributed by atoms with Crippen molar-refractivity contribution in [1.82, 2.24) is 15.1 Å². The minimum absolute atomic E-state index is 0.0302. The fourth-order valence-electron chi connectivity index (χ4n) is 6.36. The molecule has 1 unspecified atom stereocenters. The Morgan fingerprint density at radius 2 is 1.50 bits per heavy atom. The maximum atomic E-state index is 13.1. The highest BCUT2D eigenvalue weighted by Gasteiger charge is 2.39. The van der Waals surface area contributed by atoms with Gasteiger partial charge in [0.2, 0.25) is 11.8 Å². The summed E-state index contributed by atoms with van der Waals surface area (Å²) in [6.07, 6.45) is 4.97. The van der Waals surface area contributed by atoms with Gasteiger partial charge in [0, 0.05) is 37.7 Å². The SMILES string of the molecule is O=C1CCC(N2Cc3cc(O[C@H]4CCCC[C@H]4N(Cc4ccccc4)Cc4ccccc4)ccc3C2=O)C(=O)N1. The third-order valence-electron chi connectivity index (χ3n) is 8.38. The monoisotopic (exact) mass is 537 g/mol. The molecule has 2 aliphatic heterocycles. The predicted molar refractivity (Wildman–Crippen MR) is 151 cm³/mol. The van der Waals surface area contributed by atoms with Crippen molar-refractivity contribution in [1.29, 1.82) is 0 Å². The minimum Gasteiger partial charge on any atom is -0.489 e. The second-order valence-corrected chi connectivity index (χ2v) is 11.1. The van der Waals surface area contributed by atoms with E-state index in [1.807, 2.05) is 18.2 Å². The number of nitrogens with one attached hydrogen (secondary N) is 1. The molecule has 6 rings (SSSR count). The van der Waals surface area contributed by atoms with Gasteiger partial charge in [0.1, 0.15) is 17.9 Å². The van der Waals surface area contributed by atoms with Gasteiger partial charge >= 0.3 is 0 Å². The van der Waals surface area contributed by atoms with E-state index in [0.717, 1.165) is 43.7 Å². The predicted octanol–water partition coefficient (Wildman–Crippen LogP) is 4.84. The highest BCUT2D eigenvalue weighted by molar-refractivity contribution is 6.05. The van der Waals surface area contributed by atoms with Crippen LogP contribution in [-0.4, -0.2) is 45.7 Å². The van der Waals surface area contributed by atoms with Gasteiger partial charge in [-0.3, -0.25) is 24.6 Å². The molecule has 7 nitrogen and oxygen atoms in total. The summed E-state index contributed by atoms with van der Waals surface area (Å²) in [5, 5.41) is 2.37. The van der Waals surface area contributed by atoms with Crippen LogP contribution in [0.5, 0.6) is 5.75 Å². The fraction of sp³-hybridized carbons (Fsp3) is 0.364. The molecule has 3 amide bonds. The highest BCUT2D eigenvalue weighted by Crippen LogP contribution is 2.33. The average molecular weight is 538 g/mol. The number of nitrogens with zero attached hydrogens (tertiary/aromatic N) is 2. The van der Waals surface area contributed by atoms with Crippen molar-refractivity contribution in [3.63, 3.8) is 0 Å². The number of piperidine rings is 1. The van der Waals surface area contributed by atoms with Gasteiger partial charge < -0.3 is 9.64 Å². The average Bonchev–Trinajstić information content (AvgIpc) is 3.29. The van der Waals surface area contributed by atoms with Crippen LogP contribution in [0, 0.1) is 0 Å². The Hall–Kier alpha value is -3.97. The normalized spacial score (nSPS) is 22.8. The zero-order chi connectivity index (χ0) is 27.5.